The number of rotatable bonds is 3. The Kier molecular flexibility index (Phi) is 3.67. The first-order valence-corrected chi connectivity index (χ1v) is 5.92. The molecule has 6 N–H and O–H groups in total. The van der Waals surface area contributed by atoms with Crippen molar-refractivity contribution in [1.29, 1.82) is 0 Å². The third-order valence-corrected chi connectivity index (χ3v) is 3.03. The van der Waals surface area contributed by atoms with Crippen LogP contribution in [0.5, 0.6) is 0 Å². The summed E-state index contributed by atoms with van der Waals surface area (Å²) in [6, 6.07) is 7.63. The van der Waals surface area contributed by atoms with Gasteiger partial charge in [-0.3, -0.25) is 0 Å². The van der Waals surface area contributed by atoms with Gasteiger partial charge in [-0.05, 0) is 18.2 Å². The van der Waals surface area contributed by atoms with Gasteiger partial charge in [0.1, 0.15) is 0 Å². The quantitative estimate of drug-likeness (QED) is 0.652. The molecule has 0 saturated carbocycles. The molecule has 0 spiro atoms. The minimum Gasteiger partial charge on any atom is -0.478 e. The summed E-state index contributed by atoms with van der Waals surface area (Å²) in [6.07, 6.45) is 0. The number of carbonyl (C=O) groups is 1. The zero-order chi connectivity index (χ0) is 14.9. The number of para-hydroxylation sites is 1. The first kappa shape index (κ1) is 14.0. The van der Waals surface area contributed by atoms with Gasteiger partial charge in [0, 0.05) is 0 Å². The molecule has 0 aromatic heterocycles. The second-order valence-corrected chi connectivity index (χ2v) is 4.43. The van der Waals surface area contributed by atoms with E-state index >= 15 is 0 Å². The number of nitrogen functional groups attached to an aromatic ring is 2. The van der Waals surface area contributed by atoms with Gasteiger partial charge >= 0.3 is 5.97 Å². The number of anilines is 4. The highest BCUT2D eigenvalue weighted by molar-refractivity contribution is 6.33. The van der Waals surface area contributed by atoms with Crippen LogP contribution in [0.1, 0.15) is 10.4 Å². The van der Waals surface area contributed by atoms with Crippen LogP contribution in [0.3, 0.4) is 0 Å². The summed E-state index contributed by atoms with van der Waals surface area (Å²) in [5.74, 6) is -2.26. The molecule has 0 heterocycles. The molecule has 0 unspecified atom stereocenters. The molecule has 0 radical (unpaired) electrons. The van der Waals surface area contributed by atoms with Gasteiger partial charge in [-0.1, -0.05) is 23.7 Å². The second-order valence-electron chi connectivity index (χ2n) is 4.03. The van der Waals surface area contributed by atoms with Gasteiger partial charge in [-0.25, -0.2) is 9.18 Å². The fraction of sp³-hybridized carbons (Fsp3) is 0. The maximum atomic E-state index is 14.1. The first-order valence-electron chi connectivity index (χ1n) is 5.54. The van der Waals surface area contributed by atoms with Crippen LogP contribution in [-0.2, 0) is 0 Å². The van der Waals surface area contributed by atoms with Crippen molar-refractivity contribution in [1.82, 2.24) is 0 Å². The van der Waals surface area contributed by atoms with Gasteiger partial charge in [-0.2, -0.15) is 0 Å². The van der Waals surface area contributed by atoms with E-state index in [4.69, 9.17) is 28.2 Å². The number of halogens is 2. The van der Waals surface area contributed by atoms with E-state index in [0.29, 0.717) is 10.7 Å². The van der Waals surface area contributed by atoms with E-state index in [1.165, 1.54) is 0 Å². The van der Waals surface area contributed by atoms with Crippen LogP contribution in [0.2, 0.25) is 5.02 Å². The molecule has 0 fully saturated rings. The summed E-state index contributed by atoms with van der Waals surface area (Å²) in [7, 11) is 0. The first-order chi connectivity index (χ1) is 9.41. The van der Waals surface area contributed by atoms with E-state index < -0.39 is 11.8 Å². The van der Waals surface area contributed by atoms with Crippen LogP contribution in [0.25, 0.3) is 0 Å². The van der Waals surface area contributed by atoms with Crippen molar-refractivity contribution in [2.45, 2.75) is 0 Å². The van der Waals surface area contributed by atoms with Crippen LogP contribution >= 0.6 is 11.6 Å². The zero-order valence-electron chi connectivity index (χ0n) is 10.2. The third kappa shape index (κ3) is 2.46. The summed E-state index contributed by atoms with van der Waals surface area (Å²) < 4.78 is 14.1. The van der Waals surface area contributed by atoms with Gasteiger partial charge in [0.25, 0.3) is 0 Å². The van der Waals surface area contributed by atoms with Crippen molar-refractivity contribution in [3.05, 3.63) is 46.7 Å². The summed E-state index contributed by atoms with van der Waals surface area (Å²) in [6.45, 7) is 0. The molecule has 0 atom stereocenters. The summed E-state index contributed by atoms with van der Waals surface area (Å²) in [5.41, 5.74) is 10.3. The molecule has 0 aliphatic carbocycles. The van der Waals surface area contributed by atoms with Crippen LogP contribution < -0.4 is 16.8 Å². The number of nitrogens with two attached hydrogens (primary N) is 2. The number of hydrogen-bond donors (Lipinski definition) is 4. The fourth-order valence-corrected chi connectivity index (χ4v) is 1.86. The minimum atomic E-state index is -1.33. The van der Waals surface area contributed by atoms with Crippen molar-refractivity contribution in [2.75, 3.05) is 16.8 Å². The van der Waals surface area contributed by atoms with E-state index in [0.717, 1.165) is 6.07 Å². The van der Waals surface area contributed by atoms with Crippen molar-refractivity contribution < 1.29 is 14.3 Å². The molecular weight excluding hydrogens is 285 g/mol. The molecule has 7 heteroatoms. The SMILES string of the molecule is Nc1cc(C(=O)O)c(Nc2ccccc2Cl)c(F)c1N. The largest absolute Gasteiger partial charge is 0.478 e. The maximum absolute atomic E-state index is 14.1. The van der Waals surface area contributed by atoms with E-state index in [-0.39, 0.29) is 22.6 Å². The van der Waals surface area contributed by atoms with Gasteiger partial charge in [0.15, 0.2) is 5.82 Å². The average molecular weight is 296 g/mol. The van der Waals surface area contributed by atoms with E-state index in [9.17, 15) is 9.18 Å². The van der Waals surface area contributed by atoms with Crippen molar-refractivity contribution in [2.24, 2.45) is 0 Å². The Bertz CT molecular complexity index is 692. The monoisotopic (exact) mass is 295 g/mol. The van der Waals surface area contributed by atoms with Crippen LogP contribution in [0.15, 0.2) is 30.3 Å². The molecule has 0 amide bonds. The lowest BCUT2D eigenvalue weighted by atomic mass is 10.1. The van der Waals surface area contributed by atoms with E-state index in [1.807, 2.05) is 0 Å². The molecule has 104 valence electrons. The highest BCUT2D eigenvalue weighted by atomic mass is 35.5. The topological polar surface area (TPSA) is 101 Å². The number of benzene rings is 2. The molecule has 0 bridgehead atoms. The Morgan fingerprint density at radius 1 is 1.30 bits per heavy atom. The second kappa shape index (κ2) is 5.26. The Morgan fingerprint density at radius 3 is 2.55 bits per heavy atom. The highest BCUT2D eigenvalue weighted by Gasteiger charge is 2.20. The molecule has 2 rings (SSSR count). The number of nitrogens with one attached hydrogen (secondary N) is 1. The Balaban J connectivity index is 2.59. The zero-order valence-corrected chi connectivity index (χ0v) is 10.9. The van der Waals surface area contributed by atoms with Gasteiger partial charge < -0.3 is 21.9 Å². The van der Waals surface area contributed by atoms with Gasteiger partial charge in [0.05, 0.1) is 33.3 Å². The van der Waals surface area contributed by atoms with Crippen molar-refractivity contribution in [3.8, 4) is 0 Å². The number of carboxylic acids is 1. The van der Waals surface area contributed by atoms with Crippen molar-refractivity contribution in [3.63, 3.8) is 0 Å². The normalized spacial score (nSPS) is 10.3. The predicted octanol–water partition coefficient (Wildman–Crippen LogP) is 3.09. The predicted molar refractivity (Wildman–Crippen MR) is 76.9 cm³/mol. The lowest BCUT2D eigenvalue weighted by Crippen LogP contribution is -2.10. The number of hydrogen-bond acceptors (Lipinski definition) is 4. The smallest absolute Gasteiger partial charge is 0.338 e. The molecule has 2 aromatic rings. The minimum absolute atomic E-state index is 0.135. The molecule has 0 aliphatic rings. The van der Waals surface area contributed by atoms with E-state index in [1.54, 1.807) is 24.3 Å². The number of carboxylic acid groups (broad SMARTS) is 1. The Morgan fingerprint density at radius 2 is 1.95 bits per heavy atom. The molecule has 0 aliphatic heterocycles. The number of aromatic carboxylic acids is 1. The standard InChI is InChI=1S/C13H11ClFN3O2/c14-7-3-1-2-4-9(7)18-12-6(13(19)20)5-8(16)11(17)10(12)15/h1-5,18H,16-17H2,(H,19,20). The fourth-order valence-electron chi connectivity index (χ4n) is 1.67. The summed E-state index contributed by atoms with van der Waals surface area (Å²) >= 11 is 5.94. The Hall–Kier alpha value is -2.47. The van der Waals surface area contributed by atoms with Crippen LogP contribution in [-0.4, -0.2) is 11.1 Å². The summed E-state index contributed by atoms with van der Waals surface area (Å²) in [4.78, 5) is 11.2. The maximum Gasteiger partial charge on any atom is 0.338 e. The van der Waals surface area contributed by atoms with Crippen LogP contribution in [0, 0.1) is 5.82 Å². The lowest BCUT2D eigenvalue weighted by Gasteiger charge is -2.14. The molecule has 0 saturated heterocycles. The van der Waals surface area contributed by atoms with Crippen LogP contribution in [0.4, 0.5) is 27.1 Å². The Labute approximate surface area is 119 Å². The average Bonchev–Trinajstić information content (AvgIpc) is 2.41. The molecular formula is C13H11ClFN3O2. The highest BCUT2D eigenvalue weighted by Crippen LogP contribution is 2.34. The lowest BCUT2D eigenvalue weighted by molar-refractivity contribution is 0.0697. The third-order valence-electron chi connectivity index (χ3n) is 2.70. The molecule has 5 nitrogen and oxygen atoms in total. The molecule has 2 aromatic carbocycles. The van der Waals surface area contributed by atoms with Gasteiger partial charge in [-0.15, -0.1) is 0 Å². The van der Waals surface area contributed by atoms with Gasteiger partial charge in [0.2, 0.25) is 0 Å². The molecule has 20 heavy (non-hydrogen) atoms. The summed E-state index contributed by atoms with van der Waals surface area (Å²) in [5, 5.41) is 12.1. The van der Waals surface area contributed by atoms with E-state index in [2.05, 4.69) is 5.32 Å². The van der Waals surface area contributed by atoms with Crippen molar-refractivity contribution >= 4 is 40.3 Å².